The highest BCUT2D eigenvalue weighted by molar-refractivity contribution is 5.28. The van der Waals surface area contributed by atoms with E-state index in [-0.39, 0.29) is 11.4 Å². The van der Waals surface area contributed by atoms with Gasteiger partial charge in [-0.3, -0.25) is 0 Å². The van der Waals surface area contributed by atoms with Gasteiger partial charge in [-0.05, 0) is 75.0 Å². The molecule has 0 aromatic carbocycles. The predicted octanol–water partition coefficient (Wildman–Crippen LogP) is 4.46. The van der Waals surface area contributed by atoms with Crippen molar-refractivity contribution in [3.63, 3.8) is 0 Å². The van der Waals surface area contributed by atoms with E-state index in [9.17, 15) is 0 Å². The van der Waals surface area contributed by atoms with E-state index in [4.69, 9.17) is 14.2 Å². The quantitative estimate of drug-likeness (QED) is 0.552. The SMILES string of the molecule is COC1(OC)CCC2=C(CC[C@@H]3[C@@H]2CC[C@@]24OCCC2CC[C@@H]34)C1. The van der Waals surface area contributed by atoms with Crippen molar-refractivity contribution in [1.82, 2.24) is 0 Å². The van der Waals surface area contributed by atoms with Crippen LogP contribution < -0.4 is 0 Å². The molecule has 1 aliphatic heterocycles. The molecule has 24 heavy (non-hydrogen) atoms. The summed E-state index contributed by atoms with van der Waals surface area (Å²) in [6.07, 6.45) is 12.7. The maximum Gasteiger partial charge on any atom is 0.171 e. The van der Waals surface area contributed by atoms with Crippen molar-refractivity contribution in [1.29, 1.82) is 0 Å². The lowest BCUT2D eigenvalue weighted by atomic mass is 9.56. The number of methoxy groups -OCH3 is 2. The van der Waals surface area contributed by atoms with Gasteiger partial charge in [0.15, 0.2) is 5.79 Å². The zero-order valence-electron chi connectivity index (χ0n) is 15.3. The fourth-order valence-electron chi connectivity index (χ4n) is 7.42. The molecule has 1 unspecified atom stereocenters. The fraction of sp³-hybridized carbons (Fsp3) is 0.905. The Morgan fingerprint density at radius 2 is 1.83 bits per heavy atom. The van der Waals surface area contributed by atoms with E-state index in [1.165, 1.54) is 51.4 Å². The summed E-state index contributed by atoms with van der Waals surface area (Å²) in [4.78, 5) is 0. The molecule has 0 radical (unpaired) electrons. The summed E-state index contributed by atoms with van der Waals surface area (Å²) < 4.78 is 18.0. The van der Waals surface area contributed by atoms with Crippen molar-refractivity contribution in [2.45, 2.75) is 75.6 Å². The van der Waals surface area contributed by atoms with Gasteiger partial charge in [0.05, 0.1) is 5.60 Å². The Balaban J connectivity index is 1.43. The summed E-state index contributed by atoms with van der Waals surface area (Å²) in [5.74, 6) is 3.08. The minimum absolute atomic E-state index is 0.288. The van der Waals surface area contributed by atoms with Crippen molar-refractivity contribution in [2.75, 3.05) is 20.8 Å². The summed E-state index contributed by atoms with van der Waals surface area (Å²) in [7, 11) is 3.61. The lowest BCUT2D eigenvalue weighted by Gasteiger charge is -2.52. The molecule has 0 N–H and O–H groups in total. The van der Waals surface area contributed by atoms with Crippen molar-refractivity contribution >= 4 is 0 Å². The number of rotatable bonds is 2. The number of hydrogen-bond donors (Lipinski definition) is 0. The summed E-state index contributed by atoms with van der Waals surface area (Å²) in [6.45, 7) is 1.02. The van der Waals surface area contributed by atoms with E-state index >= 15 is 0 Å². The zero-order chi connectivity index (χ0) is 16.4. The predicted molar refractivity (Wildman–Crippen MR) is 92.6 cm³/mol. The van der Waals surface area contributed by atoms with Gasteiger partial charge < -0.3 is 14.2 Å². The molecule has 1 saturated heterocycles. The monoisotopic (exact) mass is 332 g/mol. The highest BCUT2D eigenvalue weighted by Gasteiger charge is 2.60. The maximum atomic E-state index is 6.47. The number of allylic oxidation sites excluding steroid dienone is 1. The molecule has 0 aromatic rings. The van der Waals surface area contributed by atoms with Crippen LogP contribution in [-0.4, -0.2) is 32.2 Å². The molecular weight excluding hydrogens is 300 g/mol. The molecule has 2 saturated carbocycles. The first-order chi connectivity index (χ1) is 11.7. The Labute approximate surface area is 146 Å². The summed E-state index contributed by atoms with van der Waals surface area (Å²) in [5, 5.41) is 0. The minimum Gasteiger partial charge on any atom is -0.374 e. The highest BCUT2D eigenvalue weighted by atomic mass is 16.7. The Kier molecular flexibility index (Phi) is 3.67. The van der Waals surface area contributed by atoms with Gasteiger partial charge in [0.25, 0.3) is 0 Å². The number of ether oxygens (including phenoxy) is 3. The fourth-order valence-corrected chi connectivity index (χ4v) is 7.42. The molecular formula is C21H32O3. The zero-order valence-corrected chi connectivity index (χ0v) is 15.3. The maximum absolute atomic E-state index is 6.47. The van der Waals surface area contributed by atoms with Crippen LogP contribution >= 0.6 is 0 Å². The third kappa shape index (κ3) is 2.01. The summed E-state index contributed by atoms with van der Waals surface area (Å²) in [5.41, 5.74) is 3.76. The van der Waals surface area contributed by atoms with E-state index in [2.05, 4.69) is 0 Å². The number of fused-ring (bicyclic) bond motifs is 3. The van der Waals surface area contributed by atoms with Gasteiger partial charge in [-0.1, -0.05) is 11.1 Å². The first-order valence-corrected chi connectivity index (χ1v) is 10.2. The first-order valence-electron chi connectivity index (χ1n) is 10.2. The molecule has 3 heteroatoms. The standard InChI is InChI=1S/C21H32O3/c1-22-20(23-2)10-7-16-14(13-20)3-5-18-17(16)8-11-21-15(9-12-24-21)4-6-19(18)21/h15,17-19H,3-13H2,1-2H3/t15?,17-,18-,19+,21-/m1/s1. The molecule has 5 rings (SSSR count). The van der Waals surface area contributed by atoms with Gasteiger partial charge in [0.2, 0.25) is 0 Å². The second-order valence-electron chi connectivity index (χ2n) is 8.95. The van der Waals surface area contributed by atoms with Gasteiger partial charge in [-0.2, -0.15) is 0 Å². The molecule has 5 atom stereocenters. The molecule has 1 spiro atoms. The Morgan fingerprint density at radius 3 is 2.67 bits per heavy atom. The second-order valence-corrected chi connectivity index (χ2v) is 8.95. The van der Waals surface area contributed by atoms with Crippen LogP contribution in [0.15, 0.2) is 11.1 Å². The van der Waals surface area contributed by atoms with Crippen LogP contribution in [0.2, 0.25) is 0 Å². The number of hydrogen-bond acceptors (Lipinski definition) is 3. The largest absolute Gasteiger partial charge is 0.374 e. The molecule has 0 aromatic heterocycles. The van der Waals surface area contributed by atoms with Crippen LogP contribution in [0, 0.1) is 23.7 Å². The molecule has 1 heterocycles. The van der Waals surface area contributed by atoms with E-state index in [1.807, 2.05) is 0 Å². The van der Waals surface area contributed by atoms with Crippen molar-refractivity contribution < 1.29 is 14.2 Å². The summed E-state index contributed by atoms with van der Waals surface area (Å²) >= 11 is 0. The molecule has 134 valence electrons. The molecule has 0 bridgehead atoms. The van der Waals surface area contributed by atoms with Gasteiger partial charge in [-0.15, -0.1) is 0 Å². The van der Waals surface area contributed by atoms with Gasteiger partial charge in [0, 0.05) is 33.7 Å². The van der Waals surface area contributed by atoms with Crippen molar-refractivity contribution in [3.05, 3.63) is 11.1 Å². The average molecular weight is 332 g/mol. The first kappa shape index (κ1) is 15.8. The Morgan fingerprint density at radius 1 is 0.958 bits per heavy atom. The van der Waals surface area contributed by atoms with E-state index in [1.54, 1.807) is 25.4 Å². The second kappa shape index (κ2) is 5.56. The van der Waals surface area contributed by atoms with Crippen molar-refractivity contribution in [2.24, 2.45) is 23.7 Å². The molecule has 3 fully saturated rings. The third-order valence-electron chi connectivity index (χ3n) is 8.54. The minimum atomic E-state index is -0.353. The van der Waals surface area contributed by atoms with Gasteiger partial charge in [-0.25, -0.2) is 0 Å². The van der Waals surface area contributed by atoms with Crippen LogP contribution in [0.3, 0.4) is 0 Å². The lowest BCUT2D eigenvalue weighted by molar-refractivity contribution is -0.213. The van der Waals surface area contributed by atoms with E-state index in [0.29, 0.717) is 0 Å². The van der Waals surface area contributed by atoms with Crippen LogP contribution in [0.4, 0.5) is 0 Å². The van der Waals surface area contributed by atoms with Crippen LogP contribution in [0.5, 0.6) is 0 Å². The van der Waals surface area contributed by atoms with Gasteiger partial charge >= 0.3 is 0 Å². The molecule has 5 aliphatic rings. The van der Waals surface area contributed by atoms with Crippen LogP contribution in [-0.2, 0) is 14.2 Å². The molecule has 3 nitrogen and oxygen atoms in total. The summed E-state index contributed by atoms with van der Waals surface area (Å²) in [6, 6.07) is 0. The third-order valence-corrected chi connectivity index (χ3v) is 8.54. The van der Waals surface area contributed by atoms with Gasteiger partial charge in [0.1, 0.15) is 0 Å². The highest BCUT2D eigenvalue weighted by Crippen LogP contribution is 2.63. The molecule has 4 aliphatic carbocycles. The Bertz CT molecular complexity index is 549. The van der Waals surface area contributed by atoms with E-state index in [0.717, 1.165) is 43.1 Å². The van der Waals surface area contributed by atoms with Crippen LogP contribution in [0.1, 0.15) is 64.2 Å². The normalized spacial score (nSPS) is 46.2. The van der Waals surface area contributed by atoms with Crippen molar-refractivity contribution in [3.8, 4) is 0 Å². The average Bonchev–Trinajstić information content (AvgIpc) is 3.18. The van der Waals surface area contributed by atoms with E-state index < -0.39 is 0 Å². The smallest absolute Gasteiger partial charge is 0.171 e. The lowest BCUT2D eigenvalue weighted by Crippen LogP contribution is -2.50. The van der Waals surface area contributed by atoms with Crippen LogP contribution in [0.25, 0.3) is 0 Å². The Hall–Kier alpha value is -0.380. The molecule has 0 amide bonds. The topological polar surface area (TPSA) is 27.7 Å².